The number of allylic oxidation sites excluding steroid dienone is 2. The molecule has 1 unspecified atom stereocenters. The number of methoxy groups -OCH3 is 1. The molecule has 1 aromatic rings. The van der Waals surface area contributed by atoms with Gasteiger partial charge in [-0.15, -0.1) is 0 Å². The van der Waals surface area contributed by atoms with E-state index in [2.05, 4.69) is 10.1 Å². The van der Waals surface area contributed by atoms with Gasteiger partial charge < -0.3 is 20.3 Å². The van der Waals surface area contributed by atoms with Crippen molar-refractivity contribution in [2.75, 3.05) is 7.11 Å². The van der Waals surface area contributed by atoms with Crippen LogP contribution in [0.15, 0.2) is 29.8 Å². The van der Waals surface area contributed by atoms with Gasteiger partial charge in [-0.25, -0.2) is 9.59 Å². The van der Waals surface area contributed by atoms with Crippen molar-refractivity contribution in [3.63, 3.8) is 0 Å². The van der Waals surface area contributed by atoms with Crippen molar-refractivity contribution in [1.29, 1.82) is 0 Å². The molecule has 0 fully saturated rings. The van der Waals surface area contributed by atoms with E-state index in [0.717, 1.165) is 5.57 Å². The number of phenols is 1. The number of carboxylic acid groups (broad SMARTS) is 1. The molecule has 0 aromatic heterocycles. The number of nitrogens with one attached hydrogen (secondary N) is 1. The van der Waals surface area contributed by atoms with Gasteiger partial charge in [-0.3, -0.25) is 0 Å². The fourth-order valence-corrected chi connectivity index (χ4v) is 1.88. The van der Waals surface area contributed by atoms with Crippen molar-refractivity contribution < 1.29 is 24.5 Å². The molecule has 0 saturated heterocycles. The second-order valence-corrected chi connectivity index (χ2v) is 5.18. The molecule has 6 heteroatoms. The highest BCUT2D eigenvalue weighted by Crippen LogP contribution is 2.21. The summed E-state index contributed by atoms with van der Waals surface area (Å²) in [6.07, 6.45) is 1.84. The molecule has 1 rings (SSSR count). The zero-order valence-corrected chi connectivity index (χ0v) is 12.9. The van der Waals surface area contributed by atoms with Crippen molar-refractivity contribution in [2.45, 2.75) is 32.7 Å². The monoisotopic (exact) mass is 307 g/mol. The van der Waals surface area contributed by atoms with Gasteiger partial charge in [0.05, 0.1) is 7.11 Å². The summed E-state index contributed by atoms with van der Waals surface area (Å²) in [4.78, 5) is 22.4. The molecule has 0 aliphatic heterocycles. The number of aliphatic carboxylic acids is 1. The third kappa shape index (κ3) is 5.47. The highest BCUT2D eigenvalue weighted by atomic mass is 16.5. The van der Waals surface area contributed by atoms with Crippen LogP contribution in [0.3, 0.4) is 0 Å². The average molecular weight is 307 g/mol. The van der Waals surface area contributed by atoms with Crippen LogP contribution in [0.25, 0.3) is 0 Å². The molecule has 3 N–H and O–H groups in total. The van der Waals surface area contributed by atoms with Crippen LogP contribution < -0.4 is 5.32 Å². The number of hydrogen-bond donors (Lipinski definition) is 3. The molecular formula is C16H21NO5. The van der Waals surface area contributed by atoms with Gasteiger partial charge in [-0.2, -0.15) is 0 Å². The van der Waals surface area contributed by atoms with Crippen molar-refractivity contribution in [3.8, 4) is 5.75 Å². The Labute approximate surface area is 129 Å². The number of amides is 1. The number of rotatable bonds is 6. The number of hydrogen-bond acceptors (Lipinski definition) is 4. The number of benzene rings is 1. The summed E-state index contributed by atoms with van der Waals surface area (Å²) in [5.41, 5.74) is 2.54. The van der Waals surface area contributed by atoms with Crippen LogP contribution in [0.4, 0.5) is 4.79 Å². The first-order valence-electron chi connectivity index (χ1n) is 6.85. The van der Waals surface area contributed by atoms with E-state index in [4.69, 9.17) is 5.11 Å². The smallest absolute Gasteiger partial charge is 0.407 e. The third-order valence-electron chi connectivity index (χ3n) is 3.09. The molecule has 1 amide bonds. The summed E-state index contributed by atoms with van der Waals surface area (Å²) < 4.78 is 4.42. The van der Waals surface area contributed by atoms with E-state index in [-0.39, 0.29) is 12.2 Å². The first-order chi connectivity index (χ1) is 10.3. The molecule has 1 atom stereocenters. The lowest BCUT2D eigenvalue weighted by Gasteiger charge is -2.14. The number of alkyl carbamates (subject to hydrolysis) is 1. The van der Waals surface area contributed by atoms with Gasteiger partial charge in [-0.05, 0) is 37.5 Å². The summed E-state index contributed by atoms with van der Waals surface area (Å²) >= 11 is 0. The topological polar surface area (TPSA) is 95.9 Å². The minimum absolute atomic E-state index is 0.104. The van der Waals surface area contributed by atoms with Crippen LogP contribution in [-0.4, -0.2) is 35.4 Å². The molecule has 0 radical (unpaired) electrons. The maximum atomic E-state index is 11.2. The third-order valence-corrected chi connectivity index (χ3v) is 3.09. The molecule has 1 aromatic carbocycles. The molecule has 6 nitrogen and oxygen atoms in total. The van der Waals surface area contributed by atoms with Gasteiger partial charge in [0.25, 0.3) is 0 Å². The highest BCUT2D eigenvalue weighted by molar-refractivity contribution is 5.80. The number of phenolic OH excluding ortho intramolecular Hbond substituents is 1. The molecule has 0 spiro atoms. The van der Waals surface area contributed by atoms with Crippen molar-refractivity contribution >= 4 is 12.1 Å². The number of carboxylic acids is 1. The summed E-state index contributed by atoms with van der Waals surface area (Å²) in [5.74, 6) is -0.988. The van der Waals surface area contributed by atoms with E-state index in [1.54, 1.807) is 12.1 Å². The van der Waals surface area contributed by atoms with E-state index < -0.39 is 18.1 Å². The van der Waals surface area contributed by atoms with Crippen LogP contribution in [0.1, 0.15) is 25.0 Å². The van der Waals surface area contributed by atoms with Gasteiger partial charge in [0, 0.05) is 6.42 Å². The Morgan fingerprint density at radius 1 is 1.36 bits per heavy atom. The second kappa shape index (κ2) is 8.07. The molecule has 0 bridgehead atoms. The number of ether oxygens (including phenoxy) is 1. The quantitative estimate of drug-likeness (QED) is 0.701. The van der Waals surface area contributed by atoms with Gasteiger partial charge in [0.15, 0.2) is 0 Å². The van der Waals surface area contributed by atoms with Crippen molar-refractivity contribution in [3.05, 3.63) is 41.0 Å². The van der Waals surface area contributed by atoms with Crippen LogP contribution in [0.5, 0.6) is 5.75 Å². The lowest BCUT2D eigenvalue weighted by atomic mass is 10.0. The van der Waals surface area contributed by atoms with Crippen LogP contribution in [-0.2, 0) is 22.4 Å². The van der Waals surface area contributed by atoms with E-state index in [0.29, 0.717) is 17.5 Å². The second-order valence-electron chi connectivity index (χ2n) is 5.18. The fourth-order valence-electron chi connectivity index (χ4n) is 1.88. The lowest BCUT2D eigenvalue weighted by molar-refractivity contribution is -0.139. The van der Waals surface area contributed by atoms with Gasteiger partial charge in [0.2, 0.25) is 0 Å². The highest BCUT2D eigenvalue weighted by Gasteiger charge is 2.21. The van der Waals surface area contributed by atoms with E-state index in [9.17, 15) is 14.7 Å². The predicted octanol–water partition coefficient (Wildman–Crippen LogP) is 2.25. The Morgan fingerprint density at radius 3 is 2.59 bits per heavy atom. The maximum absolute atomic E-state index is 11.2. The van der Waals surface area contributed by atoms with Crippen LogP contribution in [0.2, 0.25) is 0 Å². The van der Waals surface area contributed by atoms with E-state index >= 15 is 0 Å². The summed E-state index contributed by atoms with van der Waals surface area (Å²) in [6, 6.07) is 3.81. The fraction of sp³-hybridized carbons (Fsp3) is 0.375. The standard InChI is InChI=1S/C16H21NO5/c1-10(2)4-6-12-8-11(5-7-14(12)18)9-13(15(19)20)17-16(21)22-3/h4-5,7-8,13,18H,6,9H2,1-3H3,(H,17,21)(H,19,20). The first-order valence-corrected chi connectivity index (χ1v) is 6.85. The first kappa shape index (κ1) is 17.6. The normalized spacial score (nSPS) is 11.4. The van der Waals surface area contributed by atoms with Gasteiger partial charge in [0.1, 0.15) is 11.8 Å². The minimum atomic E-state index is -1.15. The Balaban J connectivity index is 2.91. The Hall–Kier alpha value is -2.50. The molecule has 0 saturated carbocycles. The molecule has 0 aliphatic rings. The molecule has 22 heavy (non-hydrogen) atoms. The van der Waals surface area contributed by atoms with Gasteiger partial charge in [-0.1, -0.05) is 23.8 Å². The minimum Gasteiger partial charge on any atom is -0.508 e. The van der Waals surface area contributed by atoms with E-state index in [1.807, 2.05) is 19.9 Å². The molecule has 120 valence electrons. The predicted molar refractivity (Wildman–Crippen MR) is 81.9 cm³/mol. The van der Waals surface area contributed by atoms with Gasteiger partial charge >= 0.3 is 12.1 Å². The van der Waals surface area contributed by atoms with Crippen molar-refractivity contribution in [2.24, 2.45) is 0 Å². The summed E-state index contributed by atoms with van der Waals surface area (Å²) in [6.45, 7) is 3.92. The van der Waals surface area contributed by atoms with Crippen LogP contribution >= 0.6 is 0 Å². The van der Waals surface area contributed by atoms with E-state index in [1.165, 1.54) is 13.2 Å². The Bertz CT molecular complexity index is 576. The number of aromatic hydroxyl groups is 1. The van der Waals surface area contributed by atoms with Crippen LogP contribution in [0, 0.1) is 0 Å². The Kier molecular flexibility index (Phi) is 6.44. The zero-order valence-electron chi connectivity index (χ0n) is 12.9. The largest absolute Gasteiger partial charge is 0.508 e. The molecular weight excluding hydrogens is 286 g/mol. The summed E-state index contributed by atoms with van der Waals surface area (Å²) in [7, 11) is 1.17. The average Bonchev–Trinajstić information content (AvgIpc) is 2.46. The molecule has 0 heterocycles. The Morgan fingerprint density at radius 2 is 2.05 bits per heavy atom. The van der Waals surface area contributed by atoms with Crippen molar-refractivity contribution in [1.82, 2.24) is 5.32 Å². The number of carbonyl (C=O) groups excluding carboxylic acids is 1. The molecule has 0 aliphatic carbocycles. The SMILES string of the molecule is COC(=O)NC(Cc1ccc(O)c(CC=C(C)C)c1)C(=O)O. The number of carbonyl (C=O) groups is 2. The maximum Gasteiger partial charge on any atom is 0.407 e. The zero-order chi connectivity index (χ0) is 16.7. The lowest BCUT2D eigenvalue weighted by Crippen LogP contribution is -2.42. The summed E-state index contributed by atoms with van der Waals surface area (Å²) in [5, 5.41) is 21.3.